The van der Waals surface area contributed by atoms with Gasteiger partial charge in [0.15, 0.2) is 5.78 Å². The zero-order valence-electron chi connectivity index (χ0n) is 12.5. The van der Waals surface area contributed by atoms with E-state index in [0.717, 1.165) is 5.56 Å². The lowest BCUT2D eigenvalue weighted by Gasteiger charge is -2.28. The molecule has 0 bridgehead atoms. The van der Waals surface area contributed by atoms with E-state index in [1.54, 1.807) is 37.3 Å². The summed E-state index contributed by atoms with van der Waals surface area (Å²) < 4.78 is 0. The molecule has 2 aromatic rings. The van der Waals surface area contributed by atoms with Crippen molar-refractivity contribution in [3.05, 3.63) is 82.0 Å². The maximum absolute atomic E-state index is 12.9. The second kappa shape index (κ2) is 6.26. The Bertz CT molecular complexity index is 800. The highest BCUT2D eigenvalue weighted by Gasteiger charge is 2.31. The highest BCUT2D eigenvalue weighted by Crippen LogP contribution is 2.30. The van der Waals surface area contributed by atoms with Crippen LogP contribution in [0.4, 0.5) is 4.79 Å². The van der Waals surface area contributed by atoms with E-state index in [2.05, 4.69) is 10.6 Å². The number of amides is 2. The van der Waals surface area contributed by atoms with Crippen LogP contribution >= 0.6 is 11.6 Å². The zero-order chi connectivity index (χ0) is 16.4. The standard InChI is InChI=1S/C18H15ClN2O2/c1-11-15(17(22)12-6-3-2-4-7-12)16(21-18(23)20-11)13-8-5-9-14(19)10-13/h2-10,16H,1H3,(H2,20,21,23). The maximum atomic E-state index is 12.9. The number of carbonyl (C=O) groups is 2. The van der Waals surface area contributed by atoms with Gasteiger partial charge in [-0.15, -0.1) is 0 Å². The highest BCUT2D eigenvalue weighted by atomic mass is 35.5. The molecule has 1 unspecified atom stereocenters. The molecule has 0 fully saturated rings. The number of urea groups is 1. The number of rotatable bonds is 3. The smallest absolute Gasteiger partial charge is 0.319 e. The number of benzene rings is 2. The molecule has 0 saturated carbocycles. The lowest BCUT2D eigenvalue weighted by atomic mass is 9.90. The second-order valence-corrected chi connectivity index (χ2v) is 5.76. The fourth-order valence-corrected chi connectivity index (χ4v) is 2.87. The minimum Gasteiger partial charge on any atom is -0.327 e. The van der Waals surface area contributed by atoms with Crippen molar-refractivity contribution >= 4 is 23.4 Å². The van der Waals surface area contributed by atoms with Gasteiger partial charge in [-0.05, 0) is 24.6 Å². The van der Waals surface area contributed by atoms with E-state index < -0.39 is 6.04 Å². The molecule has 4 nitrogen and oxygen atoms in total. The molecule has 23 heavy (non-hydrogen) atoms. The van der Waals surface area contributed by atoms with Gasteiger partial charge in [-0.3, -0.25) is 4.79 Å². The molecule has 116 valence electrons. The van der Waals surface area contributed by atoms with E-state index in [1.165, 1.54) is 0 Å². The third-order valence-corrected chi connectivity index (χ3v) is 3.97. The average molecular weight is 327 g/mol. The van der Waals surface area contributed by atoms with Gasteiger partial charge >= 0.3 is 6.03 Å². The zero-order valence-corrected chi connectivity index (χ0v) is 13.2. The lowest BCUT2D eigenvalue weighted by molar-refractivity contribution is 0.102. The Morgan fingerprint density at radius 1 is 1.09 bits per heavy atom. The predicted molar refractivity (Wildman–Crippen MR) is 89.3 cm³/mol. The van der Waals surface area contributed by atoms with Crippen LogP contribution in [0.25, 0.3) is 0 Å². The van der Waals surface area contributed by atoms with Crippen molar-refractivity contribution in [3.8, 4) is 0 Å². The minimum atomic E-state index is -0.532. The van der Waals surface area contributed by atoms with Gasteiger partial charge in [0, 0.05) is 21.9 Å². The van der Waals surface area contributed by atoms with Crippen LogP contribution in [0.3, 0.4) is 0 Å². The molecular formula is C18H15ClN2O2. The van der Waals surface area contributed by atoms with Gasteiger partial charge in [0.25, 0.3) is 0 Å². The summed E-state index contributed by atoms with van der Waals surface area (Å²) in [5.74, 6) is -0.124. The number of halogens is 1. The summed E-state index contributed by atoms with van der Waals surface area (Å²) in [6.07, 6.45) is 0. The maximum Gasteiger partial charge on any atom is 0.319 e. The van der Waals surface area contributed by atoms with Crippen LogP contribution in [0.5, 0.6) is 0 Å². The molecule has 0 aliphatic carbocycles. The summed E-state index contributed by atoms with van der Waals surface area (Å²) in [5, 5.41) is 6.03. The predicted octanol–water partition coefficient (Wildman–Crippen LogP) is 3.85. The van der Waals surface area contributed by atoms with Crippen molar-refractivity contribution in [3.63, 3.8) is 0 Å². The van der Waals surface area contributed by atoms with E-state index in [1.807, 2.05) is 24.3 Å². The Balaban J connectivity index is 2.08. The average Bonchev–Trinajstić information content (AvgIpc) is 2.54. The van der Waals surface area contributed by atoms with Crippen LogP contribution in [0.2, 0.25) is 5.02 Å². The molecule has 2 N–H and O–H groups in total. The molecule has 1 heterocycles. The van der Waals surface area contributed by atoms with Crippen molar-refractivity contribution < 1.29 is 9.59 Å². The molecule has 5 heteroatoms. The second-order valence-electron chi connectivity index (χ2n) is 5.32. The van der Waals surface area contributed by atoms with Crippen LogP contribution in [0, 0.1) is 0 Å². The molecule has 1 aliphatic rings. The van der Waals surface area contributed by atoms with Gasteiger partial charge < -0.3 is 10.6 Å². The molecule has 0 saturated heterocycles. The van der Waals surface area contributed by atoms with Gasteiger partial charge in [-0.1, -0.05) is 54.1 Å². The van der Waals surface area contributed by atoms with E-state index in [0.29, 0.717) is 21.9 Å². The largest absolute Gasteiger partial charge is 0.327 e. The molecule has 1 atom stereocenters. The monoisotopic (exact) mass is 326 g/mol. The van der Waals surface area contributed by atoms with Crippen molar-refractivity contribution in [2.45, 2.75) is 13.0 Å². The van der Waals surface area contributed by atoms with Crippen LogP contribution in [-0.4, -0.2) is 11.8 Å². The number of ketones is 1. The first-order valence-electron chi connectivity index (χ1n) is 7.20. The van der Waals surface area contributed by atoms with Crippen molar-refractivity contribution in [2.75, 3.05) is 0 Å². The molecule has 0 aromatic heterocycles. The quantitative estimate of drug-likeness (QED) is 0.842. The van der Waals surface area contributed by atoms with Gasteiger partial charge in [-0.2, -0.15) is 0 Å². The number of Topliss-reactive ketones (excluding diaryl/α,β-unsaturated/α-hetero) is 1. The fraction of sp³-hybridized carbons (Fsp3) is 0.111. The third kappa shape index (κ3) is 3.12. The number of nitrogens with one attached hydrogen (secondary N) is 2. The molecule has 1 aliphatic heterocycles. The third-order valence-electron chi connectivity index (χ3n) is 3.73. The van der Waals surface area contributed by atoms with E-state index in [-0.39, 0.29) is 11.8 Å². The van der Waals surface area contributed by atoms with Crippen LogP contribution in [-0.2, 0) is 0 Å². The highest BCUT2D eigenvalue weighted by molar-refractivity contribution is 6.30. The topological polar surface area (TPSA) is 58.2 Å². The van der Waals surface area contributed by atoms with Crippen molar-refractivity contribution in [1.82, 2.24) is 10.6 Å². The van der Waals surface area contributed by atoms with Gasteiger partial charge in [0.2, 0.25) is 0 Å². The first-order valence-corrected chi connectivity index (χ1v) is 7.57. The Hall–Kier alpha value is -2.59. The first-order chi connectivity index (χ1) is 11.1. The van der Waals surface area contributed by atoms with Crippen molar-refractivity contribution in [1.29, 1.82) is 0 Å². The normalized spacial score (nSPS) is 17.5. The molecule has 0 spiro atoms. The van der Waals surface area contributed by atoms with Gasteiger partial charge in [-0.25, -0.2) is 4.79 Å². The summed E-state index contributed by atoms with van der Waals surface area (Å²) >= 11 is 6.05. The summed E-state index contributed by atoms with van der Waals surface area (Å²) in [6.45, 7) is 1.73. The Morgan fingerprint density at radius 2 is 1.83 bits per heavy atom. The summed E-state index contributed by atoms with van der Waals surface area (Å²) in [7, 11) is 0. The number of carbonyl (C=O) groups excluding carboxylic acids is 2. The van der Waals surface area contributed by atoms with Gasteiger partial charge in [0.05, 0.1) is 6.04 Å². The van der Waals surface area contributed by atoms with Crippen LogP contribution in [0.1, 0.15) is 28.9 Å². The minimum absolute atomic E-state index is 0.124. The number of hydrogen-bond acceptors (Lipinski definition) is 2. The summed E-state index contributed by atoms with van der Waals surface area (Å²) in [4.78, 5) is 24.7. The lowest BCUT2D eigenvalue weighted by Crippen LogP contribution is -2.45. The molecule has 3 rings (SSSR count). The first kappa shape index (κ1) is 15.3. The molecule has 2 amide bonds. The van der Waals surface area contributed by atoms with Gasteiger partial charge in [0.1, 0.15) is 0 Å². The Kier molecular flexibility index (Phi) is 4.17. The summed E-state index contributed by atoms with van der Waals surface area (Å²) in [6, 6.07) is 15.3. The molecular weight excluding hydrogens is 312 g/mol. The van der Waals surface area contributed by atoms with Crippen LogP contribution in [0.15, 0.2) is 65.9 Å². The Morgan fingerprint density at radius 3 is 2.52 bits per heavy atom. The SMILES string of the molecule is CC1=C(C(=O)c2ccccc2)C(c2cccc(Cl)c2)NC(=O)N1. The van der Waals surface area contributed by atoms with E-state index in [4.69, 9.17) is 11.6 Å². The summed E-state index contributed by atoms with van der Waals surface area (Å²) in [5.41, 5.74) is 2.41. The fourth-order valence-electron chi connectivity index (χ4n) is 2.68. The van der Waals surface area contributed by atoms with Crippen LogP contribution < -0.4 is 10.6 Å². The van der Waals surface area contributed by atoms with E-state index in [9.17, 15) is 9.59 Å². The Labute approximate surface area is 139 Å². The van der Waals surface area contributed by atoms with E-state index >= 15 is 0 Å². The number of hydrogen-bond donors (Lipinski definition) is 2. The molecule has 2 aromatic carbocycles. The number of allylic oxidation sites excluding steroid dienone is 1. The van der Waals surface area contributed by atoms with Crippen molar-refractivity contribution in [2.24, 2.45) is 0 Å². The molecule has 0 radical (unpaired) electrons.